The van der Waals surface area contributed by atoms with Crippen molar-refractivity contribution in [1.82, 2.24) is 5.32 Å². The van der Waals surface area contributed by atoms with Crippen molar-refractivity contribution >= 4 is 11.6 Å². The first-order valence-electron chi connectivity index (χ1n) is 6.50. The van der Waals surface area contributed by atoms with E-state index in [9.17, 15) is 4.39 Å². The average Bonchev–Trinajstić information content (AvgIpc) is 2.44. The Morgan fingerprint density at radius 3 is 2.60 bits per heavy atom. The van der Waals surface area contributed by atoms with Crippen molar-refractivity contribution in [1.29, 1.82) is 0 Å². The summed E-state index contributed by atoms with van der Waals surface area (Å²) in [5.74, 6) is 0.394. The quantitative estimate of drug-likeness (QED) is 0.892. The van der Waals surface area contributed by atoms with Crippen molar-refractivity contribution in [2.75, 3.05) is 13.7 Å². The second-order valence-corrected chi connectivity index (χ2v) is 4.81. The Morgan fingerprint density at radius 1 is 1.20 bits per heavy atom. The third-order valence-electron chi connectivity index (χ3n) is 3.07. The second kappa shape index (κ2) is 6.73. The molecular weight excluding hydrogens is 277 g/mol. The molecule has 1 N–H and O–H groups in total. The van der Waals surface area contributed by atoms with E-state index in [-0.39, 0.29) is 11.1 Å². The van der Waals surface area contributed by atoms with E-state index >= 15 is 0 Å². The summed E-state index contributed by atoms with van der Waals surface area (Å²) >= 11 is 5.73. The highest BCUT2D eigenvalue weighted by molar-refractivity contribution is 6.30. The molecule has 20 heavy (non-hydrogen) atoms. The van der Waals surface area contributed by atoms with Crippen LogP contribution in [0.5, 0.6) is 5.75 Å². The fraction of sp³-hybridized carbons (Fsp3) is 0.250. The van der Waals surface area contributed by atoms with Gasteiger partial charge in [0.05, 0.1) is 17.7 Å². The molecule has 2 nitrogen and oxygen atoms in total. The van der Waals surface area contributed by atoms with E-state index in [0.717, 1.165) is 16.9 Å². The molecular formula is C16H17ClFNO. The Bertz CT molecular complexity index is 588. The Morgan fingerprint density at radius 2 is 1.95 bits per heavy atom. The van der Waals surface area contributed by atoms with Crippen molar-refractivity contribution < 1.29 is 9.13 Å². The van der Waals surface area contributed by atoms with Crippen molar-refractivity contribution in [3.8, 4) is 5.75 Å². The van der Waals surface area contributed by atoms with E-state index in [0.29, 0.717) is 6.61 Å². The number of hydrogen-bond acceptors (Lipinski definition) is 2. The minimum atomic E-state index is -0.412. The number of rotatable bonds is 5. The van der Waals surface area contributed by atoms with Crippen LogP contribution < -0.4 is 10.1 Å². The van der Waals surface area contributed by atoms with Crippen LogP contribution in [0.3, 0.4) is 0 Å². The maximum absolute atomic E-state index is 13.6. The van der Waals surface area contributed by atoms with Gasteiger partial charge in [-0.05, 0) is 49.4 Å². The lowest BCUT2D eigenvalue weighted by molar-refractivity contribution is 0.339. The summed E-state index contributed by atoms with van der Waals surface area (Å²) < 4.78 is 19.1. The third kappa shape index (κ3) is 3.30. The molecule has 0 saturated heterocycles. The van der Waals surface area contributed by atoms with E-state index in [1.165, 1.54) is 6.07 Å². The van der Waals surface area contributed by atoms with E-state index < -0.39 is 5.82 Å². The zero-order chi connectivity index (χ0) is 14.5. The molecule has 0 spiro atoms. The van der Waals surface area contributed by atoms with Gasteiger partial charge in [0.15, 0.2) is 0 Å². The molecule has 1 atom stereocenters. The summed E-state index contributed by atoms with van der Waals surface area (Å²) in [6, 6.07) is 12.5. The molecule has 2 aromatic carbocycles. The predicted molar refractivity (Wildman–Crippen MR) is 79.9 cm³/mol. The molecule has 0 saturated carbocycles. The lowest BCUT2D eigenvalue weighted by atomic mass is 9.98. The summed E-state index contributed by atoms with van der Waals surface area (Å²) in [6.07, 6.45) is 0. The molecule has 0 amide bonds. The largest absolute Gasteiger partial charge is 0.494 e. The highest BCUT2D eigenvalue weighted by Crippen LogP contribution is 2.27. The number of hydrogen-bond donors (Lipinski definition) is 1. The van der Waals surface area contributed by atoms with E-state index in [2.05, 4.69) is 5.32 Å². The van der Waals surface area contributed by atoms with Crippen LogP contribution in [0.15, 0.2) is 42.5 Å². The highest BCUT2D eigenvalue weighted by Gasteiger charge is 2.14. The Labute approximate surface area is 123 Å². The molecule has 2 aromatic rings. The second-order valence-electron chi connectivity index (χ2n) is 4.40. The zero-order valence-corrected chi connectivity index (χ0v) is 12.2. The molecule has 0 bridgehead atoms. The molecule has 106 valence electrons. The smallest absolute Gasteiger partial charge is 0.142 e. The minimum absolute atomic E-state index is 0.109. The molecule has 0 heterocycles. The van der Waals surface area contributed by atoms with Crippen LogP contribution in [0.2, 0.25) is 5.02 Å². The summed E-state index contributed by atoms with van der Waals surface area (Å²) in [7, 11) is 1.84. The summed E-state index contributed by atoms with van der Waals surface area (Å²) in [4.78, 5) is 0. The molecule has 0 fully saturated rings. The van der Waals surface area contributed by atoms with Crippen molar-refractivity contribution in [3.05, 3.63) is 64.4 Å². The molecule has 0 radical (unpaired) electrons. The maximum atomic E-state index is 13.6. The summed E-state index contributed by atoms with van der Waals surface area (Å²) in [5, 5.41) is 3.32. The number of nitrogens with one attached hydrogen (secondary N) is 1. The van der Waals surface area contributed by atoms with Crippen LogP contribution in [0.4, 0.5) is 4.39 Å². The Hall–Kier alpha value is -1.58. The van der Waals surface area contributed by atoms with E-state index in [1.807, 2.05) is 44.3 Å². The number of ether oxygens (including phenoxy) is 1. The Balaban J connectivity index is 2.36. The topological polar surface area (TPSA) is 21.3 Å². The summed E-state index contributed by atoms with van der Waals surface area (Å²) in [6.45, 7) is 2.56. The first-order valence-corrected chi connectivity index (χ1v) is 6.88. The highest BCUT2D eigenvalue weighted by atomic mass is 35.5. The normalized spacial score (nSPS) is 12.2. The van der Waals surface area contributed by atoms with Crippen LogP contribution in [-0.4, -0.2) is 13.7 Å². The van der Waals surface area contributed by atoms with Crippen molar-refractivity contribution in [3.63, 3.8) is 0 Å². The first-order chi connectivity index (χ1) is 9.65. The van der Waals surface area contributed by atoms with Crippen molar-refractivity contribution in [2.24, 2.45) is 0 Å². The monoisotopic (exact) mass is 293 g/mol. The van der Waals surface area contributed by atoms with Gasteiger partial charge >= 0.3 is 0 Å². The van der Waals surface area contributed by atoms with Gasteiger partial charge in [0.25, 0.3) is 0 Å². The molecule has 1 unspecified atom stereocenters. The molecule has 0 aliphatic heterocycles. The van der Waals surface area contributed by atoms with Gasteiger partial charge in [-0.15, -0.1) is 0 Å². The average molecular weight is 294 g/mol. The van der Waals surface area contributed by atoms with Gasteiger partial charge in [-0.25, -0.2) is 4.39 Å². The van der Waals surface area contributed by atoms with Crippen LogP contribution in [0.1, 0.15) is 24.1 Å². The van der Waals surface area contributed by atoms with Gasteiger partial charge in [-0.1, -0.05) is 29.8 Å². The molecule has 0 aliphatic carbocycles. The fourth-order valence-corrected chi connectivity index (χ4v) is 2.29. The van der Waals surface area contributed by atoms with Gasteiger partial charge in [0, 0.05) is 0 Å². The van der Waals surface area contributed by atoms with Crippen LogP contribution >= 0.6 is 11.6 Å². The third-order valence-corrected chi connectivity index (χ3v) is 3.37. The van der Waals surface area contributed by atoms with Crippen molar-refractivity contribution in [2.45, 2.75) is 13.0 Å². The molecule has 4 heteroatoms. The maximum Gasteiger partial charge on any atom is 0.142 e. The van der Waals surface area contributed by atoms with Crippen LogP contribution in [-0.2, 0) is 0 Å². The standard InChI is InChI=1S/C16H17ClFNO/c1-3-20-13-6-4-5-11(9-13)16(19-2)12-7-8-14(17)15(18)10-12/h4-10,16,19H,3H2,1-2H3. The minimum Gasteiger partial charge on any atom is -0.494 e. The van der Waals surface area contributed by atoms with Gasteiger partial charge in [0.1, 0.15) is 11.6 Å². The first kappa shape index (κ1) is 14.8. The van der Waals surface area contributed by atoms with Crippen LogP contribution in [0, 0.1) is 5.82 Å². The van der Waals surface area contributed by atoms with Gasteiger partial charge in [-0.3, -0.25) is 0 Å². The Kier molecular flexibility index (Phi) is 4.99. The van der Waals surface area contributed by atoms with E-state index in [4.69, 9.17) is 16.3 Å². The molecule has 0 aromatic heterocycles. The predicted octanol–water partition coefficient (Wildman–Crippen LogP) is 4.19. The van der Waals surface area contributed by atoms with Crippen LogP contribution in [0.25, 0.3) is 0 Å². The fourth-order valence-electron chi connectivity index (χ4n) is 2.17. The lowest BCUT2D eigenvalue weighted by Crippen LogP contribution is -2.17. The number of halogens is 2. The van der Waals surface area contributed by atoms with Gasteiger partial charge in [0.2, 0.25) is 0 Å². The van der Waals surface area contributed by atoms with E-state index in [1.54, 1.807) is 6.07 Å². The van der Waals surface area contributed by atoms with Gasteiger partial charge < -0.3 is 10.1 Å². The summed E-state index contributed by atoms with van der Waals surface area (Å²) in [5.41, 5.74) is 1.84. The lowest BCUT2D eigenvalue weighted by Gasteiger charge is -2.18. The number of benzene rings is 2. The molecule has 2 rings (SSSR count). The zero-order valence-electron chi connectivity index (χ0n) is 11.5. The van der Waals surface area contributed by atoms with Gasteiger partial charge in [-0.2, -0.15) is 0 Å². The SMILES string of the molecule is CCOc1cccc(C(NC)c2ccc(Cl)c(F)c2)c1. The molecule has 0 aliphatic rings.